The Bertz CT molecular complexity index is 214. The van der Waals surface area contributed by atoms with Gasteiger partial charge in [0.05, 0.1) is 19.5 Å². The maximum absolute atomic E-state index is 12.3. The maximum atomic E-state index is 12.3. The second kappa shape index (κ2) is 4.20. The molecule has 1 radical (unpaired) electrons. The first-order valence-corrected chi connectivity index (χ1v) is 4.14. The molecule has 1 aliphatic rings. The van der Waals surface area contributed by atoms with Gasteiger partial charge in [0.15, 0.2) is 0 Å². The molecular weight excluding hydrogens is 175 g/mol. The van der Waals surface area contributed by atoms with Crippen LogP contribution in [0, 0.1) is 6.42 Å². The Hall–Kier alpha value is -1.13. The lowest BCUT2D eigenvalue weighted by molar-refractivity contribution is -0.134. The standard InChI is InChI=1S/C8H12FN2O2/c9-6-4-11(5-6)8(13)3-1-2-7(10)12/h3,6H,1-2,4-5H2,(H2,10,12). The molecule has 1 saturated heterocycles. The predicted molar refractivity (Wildman–Crippen MR) is 44.2 cm³/mol. The van der Waals surface area contributed by atoms with Crippen molar-refractivity contribution in [1.29, 1.82) is 0 Å². The molecule has 0 aromatic heterocycles. The molecule has 1 heterocycles. The zero-order chi connectivity index (χ0) is 9.84. The summed E-state index contributed by atoms with van der Waals surface area (Å²) in [6, 6.07) is 0. The minimum absolute atomic E-state index is 0.165. The lowest BCUT2D eigenvalue weighted by atomic mass is 10.1. The number of amides is 2. The summed E-state index contributed by atoms with van der Waals surface area (Å²) in [7, 11) is 0. The minimum Gasteiger partial charge on any atom is -0.370 e. The molecule has 0 atom stereocenters. The molecule has 13 heavy (non-hydrogen) atoms. The van der Waals surface area contributed by atoms with Gasteiger partial charge in [-0.05, 0) is 6.42 Å². The Kier molecular flexibility index (Phi) is 3.22. The molecule has 5 heteroatoms. The fraction of sp³-hybridized carbons (Fsp3) is 0.625. The van der Waals surface area contributed by atoms with Crippen LogP contribution in [0.15, 0.2) is 0 Å². The molecule has 1 rings (SSSR count). The Morgan fingerprint density at radius 3 is 2.62 bits per heavy atom. The highest BCUT2D eigenvalue weighted by atomic mass is 19.1. The SMILES string of the molecule is NC(=O)CC[CH]C(=O)N1CC(F)C1. The van der Waals surface area contributed by atoms with Gasteiger partial charge in [0.2, 0.25) is 11.8 Å². The Balaban J connectivity index is 2.08. The Morgan fingerprint density at radius 1 is 1.54 bits per heavy atom. The minimum atomic E-state index is -0.881. The molecule has 0 bridgehead atoms. The zero-order valence-corrected chi connectivity index (χ0v) is 7.20. The summed E-state index contributed by atoms with van der Waals surface area (Å²) in [4.78, 5) is 22.8. The van der Waals surface area contributed by atoms with Crippen LogP contribution in [0.25, 0.3) is 0 Å². The van der Waals surface area contributed by atoms with Crippen molar-refractivity contribution in [1.82, 2.24) is 4.90 Å². The second-order valence-electron chi connectivity index (χ2n) is 3.05. The van der Waals surface area contributed by atoms with Gasteiger partial charge in [-0.25, -0.2) is 4.39 Å². The molecule has 0 aromatic carbocycles. The van der Waals surface area contributed by atoms with Gasteiger partial charge in [-0.15, -0.1) is 0 Å². The Morgan fingerprint density at radius 2 is 2.15 bits per heavy atom. The van der Waals surface area contributed by atoms with Crippen molar-refractivity contribution in [2.24, 2.45) is 5.73 Å². The van der Waals surface area contributed by atoms with Gasteiger partial charge >= 0.3 is 0 Å². The van der Waals surface area contributed by atoms with E-state index in [0.717, 1.165) is 0 Å². The number of halogens is 1. The summed E-state index contributed by atoms with van der Waals surface area (Å²) in [6.07, 6.45) is 0.991. The van der Waals surface area contributed by atoms with Gasteiger partial charge in [-0.3, -0.25) is 9.59 Å². The summed E-state index contributed by atoms with van der Waals surface area (Å²) in [5.41, 5.74) is 4.88. The maximum Gasteiger partial charge on any atom is 0.226 e. The number of hydrogen-bond donors (Lipinski definition) is 1. The van der Waals surface area contributed by atoms with Crippen LogP contribution in [-0.4, -0.2) is 36.0 Å². The average molecular weight is 187 g/mol. The monoisotopic (exact) mass is 187 g/mol. The Labute approximate surface area is 75.9 Å². The number of carbonyl (C=O) groups is 2. The lowest BCUT2D eigenvalue weighted by Gasteiger charge is -2.34. The number of primary amides is 1. The van der Waals surface area contributed by atoms with Crippen molar-refractivity contribution in [3.8, 4) is 0 Å². The van der Waals surface area contributed by atoms with E-state index in [-0.39, 0.29) is 25.4 Å². The van der Waals surface area contributed by atoms with E-state index in [0.29, 0.717) is 6.42 Å². The number of hydrogen-bond acceptors (Lipinski definition) is 2. The zero-order valence-electron chi connectivity index (χ0n) is 7.20. The van der Waals surface area contributed by atoms with E-state index < -0.39 is 12.1 Å². The molecular formula is C8H12FN2O2. The highest BCUT2D eigenvalue weighted by molar-refractivity contribution is 5.86. The summed E-state index contributed by atoms with van der Waals surface area (Å²) in [6.45, 7) is 0.345. The van der Waals surface area contributed by atoms with Gasteiger partial charge < -0.3 is 10.6 Å². The normalized spacial score (nSPS) is 16.8. The van der Waals surface area contributed by atoms with E-state index >= 15 is 0 Å². The fourth-order valence-corrected chi connectivity index (χ4v) is 1.07. The third kappa shape index (κ3) is 3.01. The van der Waals surface area contributed by atoms with Gasteiger partial charge in [0, 0.05) is 6.42 Å². The quantitative estimate of drug-likeness (QED) is 0.653. The molecule has 2 amide bonds. The summed E-state index contributed by atoms with van der Waals surface area (Å²) in [5.74, 6) is -0.647. The smallest absolute Gasteiger partial charge is 0.226 e. The van der Waals surface area contributed by atoms with E-state index in [1.165, 1.54) is 11.3 Å². The highest BCUT2D eigenvalue weighted by Crippen LogP contribution is 2.12. The topological polar surface area (TPSA) is 63.4 Å². The largest absolute Gasteiger partial charge is 0.370 e. The summed E-state index contributed by atoms with van der Waals surface area (Å²) < 4.78 is 12.3. The molecule has 0 aliphatic carbocycles. The van der Waals surface area contributed by atoms with Crippen molar-refractivity contribution in [2.45, 2.75) is 19.0 Å². The first kappa shape index (κ1) is 9.95. The lowest BCUT2D eigenvalue weighted by Crippen LogP contribution is -2.51. The number of nitrogens with two attached hydrogens (primary N) is 1. The van der Waals surface area contributed by atoms with Crippen molar-refractivity contribution in [2.75, 3.05) is 13.1 Å². The molecule has 4 nitrogen and oxygen atoms in total. The number of nitrogens with zero attached hydrogens (tertiary/aromatic N) is 1. The van der Waals surface area contributed by atoms with Crippen molar-refractivity contribution < 1.29 is 14.0 Å². The predicted octanol–water partition coefficient (Wildman–Crippen LogP) is -0.364. The number of rotatable bonds is 4. The van der Waals surface area contributed by atoms with Gasteiger partial charge in [0.25, 0.3) is 0 Å². The number of carbonyl (C=O) groups excluding carboxylic acids is 2. The van der Waals surface area contributed by atoms with Crippen LogP contribution in [0.1, 0.15) is 12.8 Å². The van der Waals surface area contributed by atoms with Crippen LogP contribution in [0.2, 0.25) is 0 Å². The van der Waals surface area contributed by atoms with Crippen LogP contribution in [0.5, 0.6) is 0 Å². The molecule has 0 saturated carbocycles. The van der Waals surface area contributed by atoms with Crippen molar-refractivity contribution >= 4 is 11.8 Å². The van der Waals surface area contributed by atoms with Gasteiger partial charge in [-0.2, -0.15) is 0 Å². The average Bonchev–Trinajstić information content (AvgIpc) is 1.97. The molecule has 1 fully saturated rings. The third-order valence-corrected chi connectivity index (χ3v) is 1.86. The van der Waals surface area contributed by atoms with Crippen molar-refractivity contribution in [3.05, 3.63) is 6.42 Å². The molecule has 2 N–H and O–H groups in total. The van der Waals surface area contributed by atoms with Gasteiger partial charge in [0.1, 0.15) is 6.17 Å². The van der Waals surface area contributed by atoms with Crippen LogP contribution in [-0.2, 0) is 9.59 Å². The van der Waals surface area contributed by atoms with E-state index in [1.807, 2.05) is 0 Å². The molecule has 0 spiro atoms. The van der Waals surface area contributed by atoms with E-state index in [1.54, 1.807) is 0 Å². The second-order valence-corrected chi connectivity index (χ2v) is 3.05. The van der Waals surface area contributed by atoms with Gasteiger partial charge in [-0.1, -0.05) is 0 Å². The highest BCUT2D eigenvalue weighted by Gasteiger charge is 2.29. The fourth-order valence-electron chi connectivity index (χ4n) is 1.07. The summed E-state index contributed by atoms with van der Waals surface area (Å²) in [5, 5.41) is 0. The van der Waals surface area contributed by atoms with Crippen LogP contribution < -0.4 is 5.73 Å². The first-order valence-electron chi connectivity index (χ1n) is 4.14. The molecule has 1 aliphatic heterocycles. The summed E-state index contributed by atoms with van der Waals surface area (Å²) >= 11 is 0. The number of likely N-dealkylation sites (tertiary alicyclic amines) is 1. The van der Waals surface area contributed by atoms with E-state index in [2.05, 4.69) is 0 Å². The molecule has 0 unspecified atom stereocenters. The van der Waals surface area contributed by atoms with E-state index in [9.17, 15) is 14.0 Å². The third-order valence-electron chi connectivity index (χ3n) is 1.86. The molecule has 73 valence electrons. The van der Waals surface area contributed by atoms with Crippen LogP contribution in [0.3, 0.4) is 0 Å². The molecule has 0 aromatic rings. The first-order chi connectivity index (χ1) is 6.09. The number of alkyl halides is 1. The van der Waals surface area contributed by atoms with Crippen molar-refractivity contribution in [3.63, 3.8) is 0 Å². The van der Waals surface area contributed by atoms with E-state index in [4.69, 9.17) is 5.73 Å². The van der Waals surface area contributed by atoms with Crippen LogP contribution >= 0.6 is 0 Å². The van der Waals surface area contributed by atoms with Crippen LogP contribution in [0.4, 0.5) is 4.39 Å².